The molecule has 0 rings (SSSR count). The molecule has 0 aromatic heterocycles. The number of hydrogen-bond donors (Lipinski definition) is 1. The second-order valence-electron chi connectivity index (χ2n) is 2.20. The van der Waals surface area contributed by atoms with Gasteiger partial charge < -0.3 is 4.55 Å². The fraction of sp³-hybridized carbons (Fsp3) is 0.143. The highest BCUT2D eigenvalue weighted by atomic mass is 32.2. The molecular formula is C7H5F5O2S. The third-order valence-electron chi connectivity index (χ3n) is 1.19. The summed E-state index contributed by atoms with van der Waals surface area (Å²) in [6.07, 6.45) is -0.902. The van der Waals surface area contributed by atoms with Crippen LogP contribution in [0.5, 0.6) is 0 Å². The molecule has 0 aliphatic carbocycles. The van der Waals surface area contributed by atoms with E-state index in [0.29, 0.717) is 6.92 Å². The van der Waals surface area contributed by atoms with E-state index in [-0.39, 0.29) is 0 Å². The number of hydrogen-bond acceptors (Lipinski definition) is 1. The first-order valence-corrected chi connectivity index (χ1v) is 4.42. The Balaban J connectivity index is 5.59. The van der Waals surface area contributed by atoms with Crippen molar-refractivity contribution in [1.82, 2.24) is 0 Å². The van der Waals surface area contributed by atoms with Gasteiger partial charge in [0.25, 0.3) is 0 Å². The molecule has 1 unspecified atom stereocenters. The van der Waals surface area contributed by atoms with Gasteiger partial charge in [-0.2, -0.15) is 0 Å². The fourth-order valence-corrected chi connectivity index (χ4v) is 1.08. The molecule has 0 aliphatic rings. The van der Waals surface area contributed by atoms with Gasteiger partial charge in [-0.3, -0.25) is 0 Å². The third-order valence-corrected chi connectivity index (χ3v) is 1.99. The van der Waals surface area contributed by atoms with Crippen LogP contribution in [-0.4, -0.2) is 8.76 Å². The summed E-state index contributed by atoms with van der Waals surface area (Å²) in [4.78, 5) is -1.58. The molecule has 8 heteroatoms. The predicted molar refractivity (Wildman–Crippen MR) is 44.1 cm³/mol. The van der Waals surface area contributed by atoms with E-state index in [4.69, 9.17) is 4.55 Å². The summed E-state index contributed by atoms with van der Waals surface area (Å²) < 4.78 is 80.1. The van der Waals surface area contributed by atoms with Gasteiger partial charge in [-0.15, -0.1) is 0 Å². The Hall–Kier alpha value is -1.02. The molecule has 0 radical (unpaired) electrons. The molecule has 2 nitrogen and oxygen atoms in total. The average molecular weight is 248 g/mol. The van der Waals surface area contributed by atoms with E-state index in [0.717, 1.165) is 0 Å². The summed E-state index contributed by atoms with van der Waals surface area (Å²) in [5, 5.41) is 0. The lowest BCUT2D eigenvalue weighted by Crippen LogP contribution is -1.98. The highest BCUT2D eigenvalue weighted by Gasteiger charge is 2.22. The van der Waals surface area contributed by atoms with Crippen molar-refractivity contribution in [1.29, 1.82) is 0 Å². The smallest absolute Gasteiger partial charge is 0.198 e. The molecule has 0 heterocycles. The maximum Gasteiger partial charge on any atom is 0.198 e. The maximum absolute atomic E-state index is 12.8. The molecule has 86 valence electrons. The Morgan fingerprint density at radius 2 is 1.67 bits per heavy atom. The zero-order valence-corrected chi connectivity index (χ0v) is 8.05. The van der Waals surface area contributed by atoms with E-state index in [2.05, 4.69) is 0 Å². The Morgan fingerprint density at radius 1 is 1.20 bits per heavy atom. The van der Waals surface area contributed by atoms with E-state index < -0.39 is 45.6 Å². The van der Waals surface area contributed by atoms with Crippen LogP contribution in [0.3, 0.4) is 0 Å². The highest BCUT2D eigenvalue weighted by Crippen LogP contribution is 2.28. The van der Waals surface area contributed by atoms with E-state index in [1.807, 2.05) is 0 Å². The summed E-state index contributed by atoms with van der Waals surface area (Å²) in [6, 6.07) is 0. The van der Waals surface area contributed by atoms with Crippen LogP contribution < -0.4 is 0 Å². The monoisotopic (exact) mass is 248 g/mol. The minimum absolute atomic E-state index is 0.563. The van der Waals surface area contributed by atoms with Gasteiger partial charge in [0, 0.05) is 0 Å². The van der Waals surface area contributed by atoms with Crippen LogP contribution in [0, 0.1) is 0 Å². The van der Waals surface area contributed by atoms with Gasteiger partial charge in [0.05, 0.1) is 0 Å². The molecule has 0 spiro atoms. The summed E-state index contributed by atoms with van der Waals surface area (Å²) in [5.41, 5.74) is 0. The Bertz CT molecular complexity index is 368. The first-order chi connectivity index (χ1) is 6.82. The van der Waals surface area contributed by atoms with Crippen molar-refractivity contribution in [3.05, 3.63) is 34.5 Å². The van der Waals surface area contributed by atoms with E-state index in [1.165, 1.54) is 0 Å². The summed E-state index contributed by atoms with van der Waals surface area (Å²) in [7, 11) is 0. The first kappa shape index (κ1) is 14.0. The molecule has 0 bridgehead atoms. The molecule has 0 aromatic carbocycles. The standard InChI is InChI=1S/C7H5F5O2S/c1-3(9)7(15(13)14)6(12)5(11)4(10)2-8/h2H,1H3,(H,13,14)/b4-2-,6-5-,7-3-. The van der Waals surface area contributed by atoms with Crippen LogP contribution in [0.15, 0.2) is 34.5 Å². The van der Waals surface area contributed by atoms with Gasteiger partial charge in [0.2, 0.25) is 0 Å². The Labute approximate surface area is 84.1 Å². The van der Waals surface area contributed by atoms with Gasteiger partial charge in [-0.1, -0.05) is 0 Å². The van der Waals surface area contributed by atoms with E-state index in [1.54, 1.807) is 0 Å². The van der Waals surface area contributed by atoms with Crippen molar-refractivity contribution in [3.8, 4) is 0 Å². The lowest BCUT2D eigenvalue weighted by molar-refractivity contribution is 0.481. The van der Waals surface area contributed by atoms with Crippen molar-refractivity contribution in [2.75, 3.05) is 0 Å². The number of halogens is 5. The molecule has 0 fully saturated rings. The van der Waals surface area contributed by atoms with Crippen molar-refractivity contribution >= 4 is 11.1 Å². The largest absolute Gasteiger partial charge is 0.302 e. The molecule has 0 saturated heterocycles. The Kier molecular flexibility index (Phi) is 5.37. The molecule has 0 amide bonds. The van der Waals surface area contributed by atoms with Crippen LogP contribution >= 0.6 is 0 Å². The quantitative estimate of drug-likeness (QED) is 0.472. The van der Waals surface area contributed by atoms with Crippen molar-refractivity contribution in [2.45, 2.75) is 6.92 Å². The topological polar surface area (TPSA) is 37.3 Å². The van der Waals surface area contributed by atoms with Crippen LogP contribution in [0.2, 0.25) is 0 Å². The molecular weight excluding hydrogens is 243 g/mol. The normalized spacial score (nSPS) is 18.2. The average Bonchev–Trinajstić information content (AvgIpc) is 2.14. The molecule has 15 heavy (non-hydrogen) atoms. The van der Waals surface area contributed by atoms with Gasteiger partial charge >= 0.3 is 0 Å². The van der Waals surface area contributed by atoms with Gasteiger partial charge in [-0.05, 0) is 6.92 Å². The lowest BCUT2D eigenvalue weighted by Gasteiger charge is -2.01. The van der Waals surface area contributed by atoms with Crippen LogP contribution in [-0.2, 0) is 11.1 Å². The summed E-state index contributed by atoms with van der Waals surface area (Å²) in [5.74, 6) is -8.40. The minimum atomic E-state index is -3.19. The minimum Gasteiger partial charge on any atom is -0.302 e. The zero-order chi connectivity index (χ0) is 12.2. The van der Waals surface area contributed by atoms with Crippen molar-refractivity contribution in [3.63, 3.8) is 0 Å². The first-order valence-electron chi connectivity index (χ1n) is 3.32. The molecule has 1 atom stereocenters. The second kappa shape index (κ2) is 5.76. The van der Waals surface area contributed by atoms with Gasteiger partial charge in [-0.25, -0.2) is 26.2 Å². The van der Waals surface area contributed by atoms with Gasteiger partial charge in [0.15, 0.2) is 28.6 Å². The molecule has 0 aromatic rings. The van der Waals surface area contributed by atoms with Crippen molar-refractivity contribution in [2.24, 2.45) is 0 Å². The maximum atomic E-state index is 12.8. The fourth-order valence-electron chi connectivity index (χ4n) is 0.601. The van der Waals surface area contributed by atoms with E-state index in [9.17, 15) is 26.2 Å². The SMILES string of the molecule is C\C(F)=C(/C(F)=C(F)\C(F)=C\F)S(=O)O. The summed E-state index contributed by atoms with van der Waals surface area (Å²) >= 11 is -3.19. The predicted octanol–water partition coefficient (Wildman–Crippen LogP) is 3.34. The molecule has 1 N–H and O–H groups in total. The molecule has 0 aliphatic heterocycles. The summed E-state index contributed by atoms with van der Waals surface area (Å²) in [6.45, 7) is 0.563. The van der Waals surface area contributed by atoms with Crippen LogP contribution in [0.1, 0.15) is 6.92 Å². The second-order valence-corrected chi connectivity index (χ2v) is 3.10. The molecule has 0 saturated carbocycles. The third kappa shape index (κ3) is 3.56. The Morgan fingerprint density at radius 3 is 1.93 bits per heavy atom. The number of allylic oxidation sites excluding steroid dienone is 4. The van der Waals surface area contributed by atoms with Gasteiger partial charge in [0.1, 0.15) is 17.1 Å². The highest BCUT2D eigenvalue weighted by molar-refractivity contribution is 7.83. The van der Waals surface area contributed by atoms with E-state index >= 15 is 0 Å². The van der Waals surface area contributed by atoms with Crippen LogP contribution in [0.25, 0.3) is 0 Å². The zero-order valence-electron chi connectivity index (χ0n) is 7.23. The van der Waals surface area contributed by atoms with Crippen molar-refractivity contribution < 1.29 is 30.7 Å². The van der Waals surface area contributed by atoms with Crippen LogP contribution in [0.4, 0.5) is 22.0 Å². The number of rotatable bonds is 3. The lowest BCUT2D eigenvalue weighted by atomic mass is 10.3.